The summed E-state index contributed by atoms with van der Waals surface area (Å²) in [5.74, 6) is 1.29. The molecule has 160 valence electrons. The first-order chi connectivity index (χ1) is 14.6. The predicted octanol–water partition coefficient (Wildman–Crippen LogP) is 4.11. The molecule has 1 amide bonds. The molecule has 2 N–H and O–H groups in total. The van der Waals surface area contributed by atoms with E-state index in [0.717, 1.165) is 19.6 Å². The van der Waals surface area contributed by atoms with Crippen LogP contribution in [0.2, 0.25) is 0 Å². The maximum absolute atomic E-state index is 11.0. The summed E-state index contributed by atoms with van der Waals surface area (Å²) in [5.41, 5.74) is 8.26. The molecule has 2 aliphatic rings. The van der Waals surface area contributed by atoms with Crippen molar-refractivity contribution in [3.05, 3.63) is 59.7 Å². The standard InChI is InChI=1S/C25H32N2O3/c1-29-23-14-19(10-11-22(23)30-17-24(26)28)15-27-16-21(20-8-4-2-5-9-20)25(18-27)12-6-3-7-13-25/h2,4-5,8-11,14,21H,3,6-7,12-13,15-18H2,1H3,(H2,26,28). The monoisotopic (exact) mass is 408 g/mol. The van der Waals surface area contributed by atoms with Gasteiger partial charge in [-0.3, -0.25) is 9.69 Å². The fourth-order valence-corrected chi connectivity index (χ4v) is 5.44. The lowest BCUT2D eigenvalue weighted by atomic mass is 9.66. The van der Waals surface area contributed by atoms with Crippen LogP contribution in [0.1, 0.15) is 49.1 Å². The van der Waals surface area contributed by atoms with Gasteiger partial charge in [0.2, 0.25) is 0 Å². The molecule has 0 bridgehead atoms. The average molecular weight is 409 g/mol. The minimum atomic E-state index is -0.497. The van der Waals surface area contributed by atoms with Gasteiger partial charge in [-0.15, -0.1) is 0 Å². The Morgan fingerprint density at radius 3 is 2.57 bits per heavy atom. The normalized spacial score (nSPS) is 20.9. The molecule has 2 fully saturated rings. The highest BCUT2D eigenvalue weighted by Crippen LogP contribution is 2.52. The van der Waals surface area contributed by atoms with E-state index < -0.39 is 5.91 Å². The second-order valence-corrected chi connectivity index (χ2v) is 8.80. The van der Waals surface area contributed by atoms with E-state index in [1.54, 1.807) is 7.11 Å². The molecule has 5 heteroatoms. The van der Waals surface area contributed by atoms with Gasteiger partial charge in [-0.25, -0.2) is 0 Å². The number of methoxy groups -OCH3 is 1. The van der Waals surface area contributed by atoms with E-state index in [4.69, 9.17) is 15.2 Å². The van der Waals surface area contributed by atoms with E-state index in [1.807, 2.05) is 12.1 Å². The van der Waals surface area contributed by atoms with Gasteiger partial charge in [-0.2, -0.15) is 0 Å². The molecule has 2 aromatic carbocycles. The summed E-state index contributed by atoms with van der Waals surface area (Å²) in [6.45, 7) is 2.97. The van der Waals surface area contributed by atoms with Crippen molar-refractivity contribution in [1.82, 2.24) is 4.90 Å². The highest BCUT2D eigenvalue weighted by Gasteiger charge is 2.47. The zero-order valence-electron chi connectivity index (χ0n) is 17.8. The van der Waals surface area contributed by atoms with Crippen molar-refractivity contribution < 1.29 is 14.3 Å². The molecule has 1 aliphatic carbocycles. The second-order valence-electron chi connectivity index (χ2n) is 8.80. The van der Waals surface area contributed by atoms with E-state index in [2.05, 4.69) is 41.3 Å². The molecule has 4 rings (SSSR count). The summed E-state index contributed by atoms with van der Waals surface area (Å²) in [7, 11) is 1.62. The van der Waals surface area contributed by atoms with Gasteiger partial charge in [0.05, 0.1) is 7.11 Å². The highest BCUT2D eigenvalue weighted by atomic mass is 16.5. The van der Waals surface area contributed by atoms with Crippen molar-refractivity contribution in [2.24, 2.45) is 11.1 Å². The zero-order valence-corrected chi connectivity index (χ0v) is 17.8. The Hall–Kier alpha value is -2.53. The van der Waals surface area contributed by atoms with E-state index >= 15 is 0 Å². The first-order valence-electron chi connectivity index (χ1n) is 10.9. The number of amides is 1. The van der Waals surface area contributed by atoms with Gasteiger partial charge in [0.15, 0.2) is 18.1 Å². The van der Waals surface area contributed by atoms with Crippen LogP contribution in [-0.2, 0) is 11.3 Å². The first-order valence-corrected chi connectivity index (χ1v) is 10.9. The lowest BCUT2D eigenvalue weighted by molar-refractivity contribution is -0.119. The molecule has 30 heavy (non-hydrogen) atoms. The number of hydrogen-bond donors (Lipinski definition) is 1. The van der Waals surface area contributed by atoms with Gasteiger partial charge in [0, 0.05) is 25.6 Å². The number of carbonyl (C=O) groups is 1. The fraction of sp³-hybridized carbons (Fsp3) is 0.480. The maximum Gasteiger partial charge on any atom is 0.255 e. The number of primary amides is 1. The SMILES string of the molecule is COc1cc(CN2CC(c3ccccc3)C3(CCCCC3)C2)ccc1OCC(N)=O. The predicted molar refractivity (Wildman–Crippen MR) is 118 cm³/mol. The van der Waals surface area contributed by atoms with Crippen molar-refractivity contribution in [3.63, 3.8) is 0 Å². The number of carbonyl (C=O) groups excluding carboxylic acids is 1. The molecule has 1 aliphatic heterocycles. The van der Waals surface area contributed by atoms with Gasteiger partial charge in [0.1, 0.15) is 0 Å². The van der Waals surface area contributed by atoms with Crippen LogP contribution in [0.5, 0.6) is 11.5 Å². The molecule has 0 aromatic heterocycles. The van der Waals surface area contributed by atoms with Crippen molar-refractivity contribution in [3.8, 4) is 11.5 Å². The summed E-state index contributed by atoms with van der Waals surface area (Å²) in [6, 6.07) is 17.0. The number of nitrogens with two attached hydrogens (primary N) is 1. The fourth-order valence-electron chi connectivity index (χ4n) is 5.44. The molecule has 1 unspecified atom stereocenters. The van der Waals surface area contributed by atoms with Crippen LogP contribution < -0.4 is 15.2 Å². The van der Waals surface area contributed by atoms with Crippen LogP contribution >= 0.6 is 0 Å². The summed E-state index contributed by atoms with van der Waals surface area (Å²) >= 11 is 0. The summed E-state index contributed by atoms with van der Waals surface area (Å²) in [5, 5.41) is 0. The van der Waals surface area contributed by atoms with E-state index in [1.165, 1.54) is 43.2 Å². The van der Waals surface area contributed by atoms with Gasteiger partial charge in [-0.05, 0) is 41.5 Å². The lowest BCUT2D eigenvalue weighted by Gasteiger charge is -2.38. The molecule has 1 atom stereocenters. The average Bonchev–Trinajstić information content (AvgIpc) is 3.10. The molecule has 5 nitrogen and oxygen atoms in total. The first kappa shape index (κ1) is 20.7. The minimum absolute atomic E-state index is 0.150. The number of rotatable bonds is 7. The number of benzene rings is 2. The van der Waals surface area contributed by atoms with Crippen LogP contribution in [0.4, 0.5) is 0 Å². The van der Waals surface area contributed by atoms with Crippen LogP contribution in [0, 0.1) is 5.41 Å². The number of ether oxygens (including phenoxy) is 2. The highest BCUT2D eigenvalue weighted by molar-refractivity contribution is 5.75. The molecule has 2 aromatic rings. The molecule has 1 saturated carbocycles. The van der Waals surface area contributed by atoms with E-state index in [-0.39, 0.29) is 6.61 Å². The van der Waals surface area contributed by atoms with Crippen LogP contribution in [-0.4, -0.2) is 37.6 Å². The Morgan fingerprint density at radius 1 is 1.10 bits per heavy atom. The third-order valence-electron chi connectivity index (χ3n) is 6.77. The smallest absolute Gasteiger partial charge is 0.255 e. The summed E-state index contributed by atoms with van der Waals surface area (Å²) in [6.07, 6.45) is 6.71. The number of hydrogen-bond acceptors (Lipinski definition) is 4. The van der Waals surface area contributed by atoms with Gasteiger partial charge >= 0.3 is 0 Å². The van der Waals surface area contributed by atoms with Gasteiger partial charge in [0.25, 0.3) is 5.91 Å². The van der Waals surface area contributed by atoms with Crippen LogP contribution in [0.15, 0.2) is 48.5 Å². The molecule has 1 heterocycles. The summed E-state index contributed by atoms with van der Waals surface area (Å²) in [4.78, 5) is 13.6. The minimum Gasteiger partial charge on any atom is -0.493 e. The number of likely N-dealkylation sites (tertiary alicyclic amines) is 1. The van der Waals surface area contributed by atoms with Crippen molar-refractivity contribution in [1.29, 1.82) is 0 Å². The Morgan fingerprint density at radius 2 is 1.87 bits per heavy atom. The van der Waals surface area contributed by atoms with Crippen LogP contribution in [0.25, 0.3) is 0 Å². The molecule has 1 saturated heterocycles. The van der Waals surface area contributed by atoms with Crippen molar-refractivity contribution >= 4 is 5.91 Å². The second kappa shape index (κ2) is 9.09. The Labute approximate surface area is 179 Å². The lowest BCUT2D eigenvalue weighted by Crippen LogP contribution is -2.32. The quantitative estimate of drug-likeness (QED) is 0.749. The van der Waals surface area contributed by atoms with Gasteiger partial charge < -0.3 is 15.2 Å². The number of nitrogens with zero attached hydrogens (tertiary/aromatic N) is 1. The third kappa shape index (κ3) is 4.46. The van der Waals surface area contributed by atoms with E-state index in [0.29, 0.717) is 22.8 Å². The molecule has 1 spiro atoms. The maximum atomic E-state index is 11.0. The van der Waals surface area contributed by atoms with Gasteiger partial charge in [-0.1, -0.05) is 55.7 Å². The third-order valence-corrected chi connectivity index (χ3v) is 6.77. The topological polar surface area (TPSA) is 64.8 Å². The molecule has 0 radical (unpaired) electrons. The van der Waals surface area contributed by atoms with E-state index in [9.17, 15) is 4.79 Å². The van der Waals surface area contributed by atoms with Crippen molar-refractivity contribution in [2.75, 3.05) is 26.8 Å². The Balaban J connectivity index is 1.51. The van der Waals surface area contributed by atoms with Crippen molar-refractivity contribution in [2.45, 2.75) is 44.6 Å². The largest absolute Gasteiger partial charge is 0.493 e. The zero-order chi connectivity index (χ0) is 21.0. The summed E-state index contributed by atoms with van der Waals surface area (Å²) < 4.78 is 11.0. The Bertz CT molecular complexity index is 862. The molecular weight excluding hydrogens is 376 g/mol. The Kier molecular flexibility index (Phi) is 6.28. The van der Waals surface area contributed by atoms with Crippen LogP contribution in [0.3, 0.4) is 0 Å². The molecular formula is C25H32N2O3.